The SMILES string of the molecule is CCC(C)C(O)CN(C)CCC(F)(F)F. The lowest BCUT2D eigenvalue weighted by molar-refractivity contribution is -0.138. The first-order chi connectivity index (χ1) is 6.76. The highest BCUT2D eigenvalue weighted by Crippen LogP contribution is 2.19. The monoisotopic (exact) mass is 227 g/mol. The van der Waals surface area contributed by atoms with Gasteiger partial charge in [-0.25, -0.2) is 0 Å². The first-order valence-corrected chi connectivity index (χ1v) is 5.19. The summed E-state index contributed by atoms with van der Waals surface area (Å²) in [7, 11) is 1.59. The van der Waals surface area contributed by atoms with E-state index in [2.05, 4.69) is 0 Å². The van der Waals surface area contributed by atoms with Crippen molar-refractivity contribution >= 4 is 0 Å². The highest BCUT2D eigenvalue weighted by atomic mass is 19.4. The van der Waals surface area contributed by atoms with Crippen LogP contribution in [-0.4, -0.2) is 42.4 Å². The Bertz CT molecular complexity index is 173. The third kappa shape index (κ3) is 7.62. The Kier molecular flexibility index (Phi) is 6.20. The minimum atomic E-state index is -4.12. The van der Waals surface area contributed by atoms with Crippen LogP contribution in [0.1, 0.15) is 26.7 Å². The van der Waals surface area contributed by atoms with Crippen LogP contribution in [0.5, 0.6) is 0 Å². The molecule has 0 radical (unpaired) electrons. The van der Waals surface area contributed by atoms with Crippen LogP contribution in [0, 0.1) is 5.92 Å². The number of likely N-dealkylation sites (N-methyl/N-ethyl adjacent to an activating group) is 1. The van der Waals surface area contributed by atoms with Crippen LogP contribution in [0.25, 0.3) is 0 Å². The molecule has 0 amide bonds. The van der Waals surface area contributed by atoms with E-state index in [0.29, 0.717) is 6.54 Å². The van der Waals surface area contributed by atoms with E-state index < -0.39 is 18.7 Å². The Morgan fingerprint density at radius 3 is 2.27 bits per heavy atom. The van der Waals surface area contributed by atoms with E-state index >= 15 is 0 Å². The fourth-order valence-electron chi connectivity index (χ4n) is 1.18. The number of alkyl halides is 3. The molecule has 15 heavy (non-hydrogen) atoms. The van der Waals surface area contributed by atoms with Gasteiger partial charge in [-0.3, -0.25) is 0 Å². The zero-order chi connectivity index (χ0) is 12.1. The maximum atomic E-state index is 11.9. The smallest absolute Gasteiger partial charge is 0.390 e. The Morgan fingerprint density at radius 2 is 1.87 bits per heavy atom. The summed E-state index contributed by atoms with van der Waals surface area (Å²) < 4.78 is 35.7. The number of halogens is 3. The molecule has 0 spiro atoms. The van der Waals surface area contributed by atoms with Crippen molar-refractivity contribution in [3.63, 3.8) is 0 Å². The van der Waals surface area contributed by atoms with Gasteiger partial charge in [-0.1, -0.05) is 20.3 Å². The zero-order valence-electron chi connectivity index (χ0n) is 9.51. The van der Waals surface area contributed by atoms with Crippen molar-refractivity contribution in [3.8, 4) is 0 Å². The largest absolute Gasteiger partial charge is 0.392 e. The quantitative estimate of drug-likeness (QED) is 0.752. The van der Waals surface area contributed by atoms with Gasteiger partial charge in [0.05, 0.1) is 12.5 Å². The first-order valence-electron chi connectivity index (χ1n) is 5.19. The Labute approximate surface area is 89.1 Å². The molecule has 0 fully saturated rings. The molecule has 0 aromatic carbocycles. The summed E-state index contributed by atoms with van der Waals surface area (Å²) in [6.07, 6.45) is -4.66. The molecular weight excluding hydrogens is 207 g/mol. The summed E-state index contributed by atoms with van der Waals surface area (Å²) in [6.45, 7) is 4.08. The lowest BCUT2D eigenvalue weighted by Gasteiger charge is -2.24. The lowest BCUT2D eigenvalue weighted by atomic mass is 10.0. The second-order valence-electron chi connectivity index (χ2n) is 4.08. The van der Waals surface area contributed by atoms with E-state index in [1.54, 1.807) is 7.05 Å². The van der Waals surface area contributed by atoms with Gasteiger partial charge >= 0.3 is 6.18 Å². The summed E-state index contributed by atoms with van der Waals surface area (Å²) in [6, 6.07) is 0. The van der Waals surface area contributed by atoms with Crippen LogP contribution in [0.15, 0.2) is 0 Å². The molecule has 0 rings (SSSR count). The fraction of sp³-hybridized carbons (Fsp3) is 1.00. The molecule has 92 valence electrons. The minimum absolute atomic E-state index is 0.0585. The van der Waals surface area contributed by atoms with Crippen LogP contribution in [-0.2, 0) is 0 Å². The average Bonchev–Trinajstić information content (AvgIpc) is 2.12. The van der Waals surface area contributed by atoms with Crippen LogP contribution < -0.4 is 0 Å². The van der Waals surface area contributed by atoms with Crippen LogP contribution in [0.3, 0.4) is 0 Å². The predicted octanol–water partition coefficient (Wildman–Crippen LogP) is 2.28. The second-order valence-corrected chi connectivity index (χ2v) is 4.08. The van der Waals surface area contributed by atoms with Gasteiger partial charge in [-0.05, 0) is 13.0 Å². The highest BCUT2D eigenvalue weighted by Gasteiger charge is 2.27. The van der Waals surface area contributed by atoms with E-state index in [4.69, 9.17) is 0 Å². The van der Waals surface area contributed by atoms with E-state index in [0.717, 1.165) is 6.42 Å². The second kappa shape index (κ2) is 6.33. The number of nitrogens with zero attached hydrogens (tertiary/aromatic N) is 1. The third-order valence-electron chi connectivity index (χ3n) is 2.58. The van der Waals surface area contributed by atoms with Crippen LogP contribution >= 0.6 is 0 Å². The topological polar surface area (TPSA) is 23.5 Å². The molecule has 0 saturated carbocycles. The number of rotatable bonds is 6. The van der Waals surface area contributed by atoms with Gasteiger partial charge in [0.25, 0.3) is 0 Å². The fourth-order valence-corrected chi connectivity index (χ4v) is 1.18. The zero-order valence-corrected chi connectivity index (χ0v) is 9.51. The van der Waals surface area contributed by atoms with Crippen molar-refractivity contribution in [3.05, 3.63) is 0 Å². The van der Waals surface area contributed by atoms with Crippen LogP contribution in [0.4, 0.5) is 13.2 Å². The van der Waals surface area contributed by atoms with Gasteiger partial charge in [0.2, 0.25) is 0 Å². The van der Waals surface area contributed by atoms with Crippen molar-refractivity contribution in [2.75, 3.05) is 20.1 Å². The number of hydrogen-bond acceptors (Lipinski definition) is 2. The molecule has 0 heterocycles. The molecule has 2 unspecified atom stereocenters. The van der Waals surface area contributed by atoms with Gasteiger partial charge < -0.3 is 10.0 Å². The number of aliphatic hydroxyl groups is 1. The molecule has 0 aliphatic heterocycles. The van der Waals surface area contributed by atoms with Crippen molar-refractivity contribution < 1.29 is 18.3 Å². The molecule has 0 aliphatic rings. The molecule has 2 nitrogen and oxygen atoms in total. The summed E-state index contributed by atoms with van der Waals surface area (Å²) in [5.41, 5.74) is 0. The Balaban J connectivity index is 3.78. The number of hydrogen-bond donors (Lipinski definition) is 1. The summed E-state index contributed by atoms with van der Waals surface area (Å²) in [5, 5.41) is 9.59. The maximum Gasteiger partial charge on any atom is 0.390 e. The molecule has 5 heteroatoms. The predicted molar refractivity (Wildman–Crippen MR) is 53.6 cm³/mol. The van der Waals surface area contributed by atoms with Gasteiger partial charge in [-0.2, -0.15) is 13.2 Å². The lowest BCUT2D eigenvalue weighted by Crippen LogP contribution is -2.35. The van der Waals surface area contributed by atoms with Gasteiger partial charge in [0.15, 0.2) is 0 Å². The minimum Gasteiger partial charge on any atom is -0.392 e. The summed E-state index contributed by atoms with van der Waals surface area (Å²) in [5.74, 6) is 0.123. The Morgan fingerprint density at radius 1 is 1.33 bits per heavy atom. The molecule has 0 bridgehead atoms. The standard InChI is InChI=1S/C10H20F3NO/c1-4-8(2)9(15)7-14(3)6-5-10(11,12)13/h8-9,15H,4-7H2,1-3H3. The molecule has 2 atom stereocenters. The molecule has 0 aromatic rings. The summed E-state index contributed by atoms with van der Waals surface area (Å²) >= 11 is 0. The average molecular weight is 227 g/mol. The molecule has 0 aromatic heterocycles. The normalized spacial score (nSPS) is 16.8. The summed E-state index contributed by atoms with van der Waals surface area (Å²) in [4.78, 5) is 1.52. The molecule has 0 aliphatic carbocycles. The van der Waals surface area contributed by atoms with Crippen molar-refractivity contribution in [1.82, 2.24) is 4.90 Å². The van der Waals surface area contributed by atoms with Gasteiger partial charge in [0, 0.05) is 13.1 Å². The van der Waals surface area contributed by atoms with E-state index in [-0.39, 0.29) is 12.5 Å². The van der Waals surface area contributed by atoms with Crippen LogP contribution in [0.2, 0.25) is 0 Å². The third-order valence-corrected chi connectivity index (χ3v) is 2.58. The van der Waals surface area contributed by atoms with Gasteiger partial charge in [0.1, 0.15) is 0 Å². The van der Waals surface area contributed by atoms with Crippen molar-refractivity contribution in [2.24, 2.45) is 5.92 Å². The highest BCUT2D eigenvalue weighted by molar-refractivity contribution is 4.67. The van der Waals surface area contributed by atoms with Gasteiger partial charge in [-0.15, -0.1) is 0 Å². The maximum absolute atomic E-state index is 11.9. The van der Waals surface area contributed by atoms with E-state index in [1.807, 2.05) is 13.8 Å². The van der Waals surface area contributed by atoms with E-state index in [1.165, 1.54) is 4.90 Å². The van der Waals surface area contributed by atoms with E-state index in [9.17, 15) is 18.3 Å². The van der Waals surface area contributed by atoms with Crippen molar-refractivity contribution in [2.45, 2.75) is 39.0 Å². The van der Waals surface area contributed by atoms with Crippen molar-refractivity contribution in [1.29, 1.82) is 0 Å². The first kappa shape index (κ1) is 14.7. The molecule has 0 saturated heterocycles. The Hall–Kier alpha value is -0.290. The molecule has 1 N–H and O–H groups in total. The number of aliphatic hydroxyl groups excluding tert-OH is 1. The molecular formula is C10H20F3NO.